The van der Waals surface area contributed by atoms with Crippen LogP contribution in [0.2, 0.25) is 0 Å². The summed E-state index contributed by atoms with van der Waals surface area (Å²) in [6, 6.07) is 1.89. The predicted octanol–water partition coefficient (Wildman–Crippen LogP) is 4.38. The van der Waals surface area contributed by atoms with E-state index in [4.69, 9.17) is 4.74 Å². The van der Waals surface area contributed by atoms with Crippen molar-refractivity contribution in [3.05, 3.63) is 27.2 Å². The summed E-state index contributed by atoms with van der Waals surface area (Å²) in [6.45, 7) is 2.00. The van der Waals surface area contributed by atoms with Gasteiger partial charge in [0.15, 0.2) is 5.78 Å². The molecule has 0 unspecified atom stereocenters. The lowest BCUT2D eigenvalue weighted by Crippen LogP contribution is -2.31. The number of aryl methyl sites for hydroxylation is 1. The van der Waals surface area contributed by atoms with Crippen LogP contribution in [0.3, 0.4) is 0 Å². The molecule has 0 heterocycles. The quantitative estimate of drug-likeness (QED) is 0.623. The van der Waals surface area contributed by atoms with E-state index in [1.54, 1.807) is 7.11 Å². The second-order valence-electron chi connectivity index (χ2n) is 4.10. The standard InChI is InChI=1S/C12H11Br3O2/c1-6-5-8(17-2)9-7(10(6)13)3-4-12(14,15)11(9)16/h5H,3-4H2,1-2H3. The number of fused-ring (bicyclic) bond motifs is 1. The number of alkyl halides is 2. The minimum atomic E-state index is -0.658. The molecule has 1 aromatic rings. The molecule has 0 N–H and O–H groups in total. The molecule has 1 aliphatic rings. The third kappa shape index (κ3) is 2.22. The Hall–Kier alpha value is 0.130. The van der Waals surface area contributed by atoms with Gasteiger partial charge in [-0.25, -0.2) is 0 Å². The molecule has 17 heavy (non-hydrogen) atoms. The monoisotopic (exact) mass is 424 g/mol. The predicted molar refractivity (Wildman–Crippen MR) is 78.7 cm³/mol. The van der Waals surface area contributed by atoms with E-state index in [0.29, 0.717) is 11.3 Å². The van der Waals surface area contributed by atoms with Crippen molar-refractivity contribution in [2.24, 2.45) is 0 Å². The van der Waals surface area contributed by atoms with Crippen LogP contribution in [0.25, 0.3) is 0 Å². The van der Waals surface area contributed by atoms with Crippen molar-refractivity contribution in [1.82, 2.24) is 0 Å². The van der Waals surface area contributed by atoms with Crippen LogP contribution in [0.1, 0.15) is 27.9 Å². The van der Waals surface area contributed by atoms with Crippen molar-refractivity contribution in [2.75, 3.05) is 7.11 Å². The lowest BCUT2D eigenvalue weighted by atomic mass is 9.88. The molecule has 0 bridgehead atoms. The van der Waals surface area contributed by atoms with Gasteiger partial charge in [0.05, 0.1) is 12.7 Å². The van der Waals surface area contributed by atoms with Gasteiger partial charge in [-0.2, -0.15) is 0 Å². The highest BCUT2D eigenvalue weighted by atomic mass is 79.9. The van der Waals surface area contributed by atoms with Gasteiger partial charge in [0.2, 0.25) is 0 Å². The Morgan fingerprint density at radius 2 is 2.06 bits per heavy atom. The molecule has 0 aromatic heterocycles. The van der Waals surface area contributed by atoms with E-state index in [1.807, 2.05) is 13.0 Å². The van der Waals surface area contributed by atoms with E-state index >= 15 is 0 Å². The molecule has 1 aliphatic carbocycles. The first kappa shape index (κ1) is 13.6. The van der Waals surface area contributed by atoms with E-state index < -0.39 is 3.23 Å². The summed E-state index contributed by atoms with van der Waals surface area (Å²) in [6.07, 6.45) is 1.56. The maximum atomic E-state index is 12.4. The van der Waals surface area contributed by atoms with Crippen molar-refractivity contribution in [3.8, 4) is 5.75 Å². The summed E-state index contributed by atoms with van der Waals surface area (Å²) < 4.78 is 5.68. The maximum Gasteiger partial charge on any atom is 0.194 e. The zero-order valence-corrected chi connectivity index (χ0v) is 14.2. The van der Waals surface area contributed by atoms with Crippen LogP contribution in [0.15, 0.2) is 10.5 Å². The average Bonchev–Trinajstić information content (AvgIpc) is 2.28. The van der Waals surface area contributed by atoms with Gasteiger partial charge in [0, 0.05) is 4.47 Å². The lowest BCUT2D eigenvalue weighted by Gasteiger charge is -2.28. The number of hydrogen-bond acceptors (Lipinski definition) is 2. The molecule has 0 amide bonds. The van der Waals surface area contributed by atoms with Crippen LogP contribution in [0.4, 0.5) is 0 Å². The number of hydrogen-bond donors (Lipinski definition) is 0. The van der Waals surface area contributed by atoms with Gasteiger partial charge in [-0.1, -0.05) is 47.8 Å². The SMILES string of the molecule is COc1cc(C)c(Br)c2c1C(=O)C(Br)(Br)CC2. The fourth-order valence-corrected chi connectivity index (χ4v) is 3.36. The number of rotatable bonds is 1. The van der Waals surface area contributed by atoms with E-state index in [2.05, 4.69) is 47.8 Å². The second-order valence-corrected chi connectivity index (χ2v) is 8.66. The number of methoxy groups -OCH3 is 1. The van der Waals surface area contributed by atoms with Crippen molar-refractivity contribution >= 4 is 53.6 Å². The van der Waals surface area contributed by atoms with Gasteiger partial charge < -0.3 is 4.74 Å². The Kier molecular flexibility index (Phi) is 3.72. The molecule has 0 saturated heterocycles. The fraction of sp³-hybridized carbons (Fsp3) is 0.417. The van der Waals surface area contributed by atoms with Gasteiger partial charge in [-0.3, -0.25) is 4.79 Å². The summed E-state index contributed by atoms with van der Waals surface area (Å²) in [7, 11) is 1.59. The molecule has 5 heteroatoms. The molecule has 2 nitrogen and oxygen atoms in total. The topological polar surface area (TPSA) is 26.3 Å². The van der Waals surface area contributed by atoms with Crippen LogP contribution in [0.5, 0.6) is 5.75 Å². The minimum Gasteiger partial charge on any atom is -0.496 e. The first-order valence-corrected chi connectivity index (χ1v) is 7.55. The Morgan fingerprint density at radius 1 is 1.41 bits per heavy atom. The molecule has 92 valence electrons. The Balaban J connectivity index is 2.71. The van der Waals surface area contributed by atoms with Crippen LogP contribution in [0, 0.1) is 6.92 Å². The Morgan fingerprint density at radius 3 is 2.65 bits per heavy atom. The maximum absolute atomic E-state index is 12.4. The molecular weight excluding hydrogens is 416 g/mol. The summed E-state index contributed by atoms with van der Waals surface area (Å²) >= 11 is 10.4. The number of carbonyl (C=O) groups excluding carboxylic acids is 1. The second kappa shape index (κ2) is 4.67. The molecule has 0 aliphatic heterocycles. The van der Waals surface area contributed by atoms with E-state index in [9.17, 15) is 4.79 Å². The average molecular weight is 427 g/mol. The summed E-state index contributed by atoms with van der Waals surface area (Å²) in [5, 5.41) is 0. The Bertz CT molecular complexity index is 495. The van der Waals surface area contributed by atoms with Gasteiger partial charge in [0.25, 0.3) is 0 Å². The molecule has 0 atom stereocenters. The lowest BCUT2D eigenvalue weighted by molar-refractivity contribution is 0.0969. The number of benzene rings is 1. The first-order chi connectivity index (χ1) is 7.88. The highest BCUT2D eigenvalue weighted by Crippen LogP contribution is 2.45. The molecule has 0 fully saturated rings. The number of ketones is 1. The molecule has 0 radical (unpaired) electrons. The fourth-order valence-electron chi connectivity index (χ4n) is 2.05. The number of halogens is 3. The van der Waals surface area contributed by atoms with Gasteiger partial charge in [-0.05, 0) is 37.0 Å². The zero-order chi connectivity index (χ0) is 12.8. The summed E-state index contributed by atoms with van der Waals surface area (Å²) in [4.78, 5) is 12.4. The molecule has 1 aromatic carbocycles. The number of Topliss-reactive ketones (excluding diaryl/α,β-unsaturated/α-hetero) is 1. The Labute approximate surface area is 125 Å². The highest BCUT2D eigenvalue weighted by molar-refractivity contribution is 9.26. The highest BCUT2D eigenvalue weighted by Gasteiger charge is 2.40. The van der Waals surface area contributed by atoms with Crippen molar-refractivity contribution < 1.29 is 9.53 Å². The van der Waals surface area contributed by atoms with Crippen molar-refractivity contribution in [1.29, 1.82) is 0 Å². The van der Waals surface area contributed by atoms with Gasteiger partial charge in [-0.15, -0.1) is 0 Å². The van der Waals surface area contributed by atoms with E-state index in [-0.39, 0.29) is 5.78 Å². The van der Waals surface area contributed by atoms with Crippen molar-refractivity contribution in [2.45, 2.75) is 23.0 Å². The van der Waals surface area contributed by atoms with E-state index in [1.165, 1.54) is 0 Å². The summed E-state index contributed by atoms with van der Waals surface area (Å²) in [5.41, 5.74) is 2.80. The van der Waals surface area contributed by atoms with Crippen LogP contribution in [-0.4, -0.2) is 16.1 Å². The zero-order valence-electron chi connectivity index (χ0n) is 9.44. The molecule has 0 spiro atoms. The van der Waals surface area contributed by atoms with Crippen LogP contribution < -0.4 is 4.74 Å². The first-order valence-electron chi connectivity index (χ1n) is 5.17. The number of carbonyl (C=O) groups is 1. The molecular formula is C12H11Br3O2. The normalized spacial score (nSPS) is 17.8. The van der Waals surface area contributed by atoms with Gasteiger partial charge >= 0.3 is 0 Å². The van der Waals surface area contributed by atoms with Crippen LogP contribution in [-0.2, 0) is 6.42 Å². The summed E-state index contributed by atoms with van der Waals surface area (Å²) in [5.74, 6) is 0.671. The molecule has 2 rings (SSSR count). The largest absolute Gasteiger partial charge is 0.496 e. The van der Waals surface area contributed by atoms with Crippen molar-refractivity contribution in [3.63, 3.8) is 0 Å². The van der Waals surface area contributed by atoms with E-state index in [0.717, 1.165) is 28.4 Å². The third-order valence-electron chi connectivity index (χ3n) is 2.98. The van der Waals surface area contributed by atoms with Gasteiger partial charge in [0.1, 0.15) is 8.98 Å². The smallest absolute Gasteiger partial charge is 0.194 e. The minimum absolute atomic E-state index is 0.0244. The third-order valence-corrected chi connectivity index (χ3v) is 5.59. The van der Waals surface area contributed by atoms with Crippen LogP contribution >= 0.6 is 47.8 Å². The molecule has 0 saturated carbocycles. The number of ether oxygens (including phenoxy) is 1.